The maximum absolute atomic E-state index is 11.4. The van der Waals surface area contributed by atoms with Crippen molar-refractivity contribution in [3.05, 3.63) is 75.7 Å². The largest absolute Gasteiger partial charge is 0.369 e. The summed E-state index contributed by atoms with van der Waals surface area (Å²) in [6, 6.07) is 8.78. The molecule has 0 aliphatic carbocycles. The summed E-state index contributed by atoms with van der Waals surface area (Å²) < 4.78 is 0. The molecule has 24 heavy (non-hydrogen) atoms. The third-order valence-electron chi connectivity index (χ3n) is 3.54. The Kier molecular flexibility index (Phi) is 4.25. The molecule has 1 aromatic heterocycles. The summed E-state index contributed by atoms with van der Waals surface area (Å²) in [4.78, 5) is 18.4. The average molecular weight is 318 g/mol. The highest BCUT2D eigenvalue weighted by molar-refractivity contribution is 5.89. The Morgan fingerprint density at radius 3 is 2.92 bits per heavy atom. The standard InChI is InChI=1S/C18H14N4O2/c1-2-9-19-14-8-7-13(12-17(14)22(23)24)18(15-5-3-10-20-15)16-6-4-11-21-16/h1,3-8,10-12,19-20H,9H2/b18-16-. The Labute approximate surface area is 138 Å². The van der Waals surface area contributed by atoms with Gasteiger partial charge in [-0.1, -0.05) is 12.0 Å². The van der Waals surface area contributed by atoms with E-state index < -0.39 is 4.92 Å². The van der Waals surface area contributed by atoms with Crippen LogP contribution < -0.4 is 5.32 Å². The van der Waals surface area contributed by atoms with Gasteiger partial charge in [-0.15, -0.1) is 6.42 Å². The van der Waals surface area contributed by atoms with E-state index in [0.29, 0.717) is 11.3 Å². The van der Waals surface area contributed by atoms with E-state index in [1.165, 1.54) is 6.07 Å². The van der Waals surface area contributed by atoms with Crippen LogP contribution in [0, 0.1) is 22.5 Å². The molecular weight excluding hydrogens is 304 g/mol. The first kappa shape index (κ1) is 15.3. The van der Waals surface area contributed by atoms with E-state index in [0.717, 1.165) is 17.0 Å². The number of nitro groups is 1. The number of benzene rings is 1. The van der Waals surface area contributed by atoms with Crippen LogP contribution >= 0.6 is 0 Å². The number of terminal acetylenes is 1. The van der Waals surface area contributed by atoms with Crippen molar-refractivity contribution < 1.29 is 4.92 Å². The maximum Gasteiger partial charge on any atom is 0.292 e. The average Bonchev–Trinajstić information content (AvgIpc) is 3.28. The fourth-order valence-corrected chi connectivity index (χ4v) is 2.51. The molecule has 0 amide bonds. The molecule has 6 heteroatoms. The van der Waals surface area contributed by atoms with Crippen molar-refractivity contribution >= 4 is 23.2 Å². The van der Waals surface area contributed by atoms with Crippen molar-refractivity contribution in [2.45, 2.75) is 0 Å². The Hall–Kier alpha value is -3.59. The first-order chi connectivity index (χ1) is 11.7. The van der Waals surface area contributed by atoms with E-state index in [-0.39, 0.29) is 12.2 Å². The van der Waals surface area contributed by atoms with Crippen molar-refractivity contribution in [1.82, 2.24) is 4.98 Å². The Balaban J connectivity index is 2.13. The second kappa shape index (κ2) is 6.67. The van der Waals surface area contributed by atoms with Gasteiger partial charge in [-0.2, -0.15) is 0 Å². The quantitative estimate of drug-likeness (QED) is 0.503. The van der Waals surface area contributed by atoms with Crippen LogP contribution in [0.2, 0.25) is 0 Å². The van der Waals surface area contributed by atoms with Crippen molar-refractivity contribution in [3.8, 4) is 12.3 Å². The highest BCUT2D eigenvalue weighted by atomic mass is 16.6. The Bertz CT molecular complexity index is 886. The van der Waals surface area contributed by atoms with Crippen LogP contribution in [0.3, 0.4) is 0 Å². The summed E-state index contributed by atoms with van der Waals surface area (Å²) in [6.45, 7) is 0.220. The molecule has 0 bridgehead atoms. The number of hydrogen-bond acceptors (Lipinski definition) is 4. The van der Waals surface area contributed by atoms with E-state index >= 15 is 0 Å². The molecule has 1 aliphatic rings. The molecule has 0 fully saturated rings. The number of aromatic nitrogens is 1. The Morgan fingerprint density at radius 2 is 2.29 bits per heavy atom. The predicted molar refractivity (Wildman–Crippen MR) is 94.9 cm³/mol. The molecule has 118 valence electrons. The van der Waals surface area contributed by atoms with Crippen LogP contribution in [0.15, 0.2) is 59.4 Å². The number of aromatic amines is 1. The SMILES string of the molecule is C#CCNc1ccc(/C(=C2\C=CC=N2)c2ccc[nH]2)cc1[N+](=O)[O-]. The number of allylic oxidation sites excluding steroid dienone is 2. The monoisotopic (exact) mass is 318 g/mol. The van der Waals surface area contributed by atoms with Gasteiger partial charge in [-0.3, -0.25) is 15.1 Å². The number of nitro benzene ring substituents is 1. The summed E-state index contributed by atoms with van der Waals surface area (Å²) in [5, 5.41) is 14.3. The van der Waals surface area contributed by atoms with Crippen LogP contribution in [0.5, 0.6) is 0 Å². The van der Waals surface area contributed by atoms with Gasteiger partial charge in [0.15, 0.2) is 0 Å². The second-order valence-corrected chi connectivity index (χ2v) is 5.03. The first-order valence-electron chi connectivity index (χ1n) is 7.25. The number of nitrogens with zero attached hydrogens (tertiary/aromatic N) is 2. The molecule has 0 spiro atoms. The zero-order valence-corrected chi connectivity index (χ0v) is 12.7. The molecule has 2 aromatic rings. The number of hydrogen-bond donors (Lipinski definition) is 2. The van der Waals surface area contributed by atoms with Crippen molar-refractivity contribution in [3.63, 3.8) is 0 Å². The summed E-state index contributed by atoms with van der Waals surface area (Å²) >= 11 is 0. The van der Waals surface area contributed by atoms with Crippen molar-refractivity contribution in [1.29, 1.82) is 0 Å². The van der Waals surface area contributed by atoms with E-state index in [2.05, 4.69) is 21.2 Å². The number of rotatable bonds is 5. The molecule has 0 saturated carbocycles. The van der Waals surface area contributed by atoms with Gasteiger partial charge in [0.2, 0.25) is 0 Å². The molecule has 2 heterocycles. The minimum Gasteiger partial charge on any atom is -0.369 e. The lowest BCUT2D eigenvalue weighted by atomic mass is 9.99. The third-order valence-corrected chi connectivity index (χ3v) is 3.54. The van der Waals surface area contributed by atoms with Crippen molar-refractivity contribution in [2.24, 2.45) is 4.99 Å². The number of nitrogens with one attached hydrogen (secondary N) is 2. The molecule has 0 saturated heterocycles. The lowest BCUT2D eigenvalue weighted by Gasteiger charge is -2.11. The molecule has 3 rings (SSSR count). The summed E-state index contributed by atoms with van der Waals surface area (Å²) in [5.41, 5.74) is 3.45. The van der Waals surface area contributed by atoms with Crippen molar-refractivity contribution in [2.75, 3.05) is 11.9 Å². The highest BCUT2D eigenvalue weighted by Gasteiger charge is 2.19. The third kappa shape index (κ3) is 2.96. The van der Waals surface area contributed by atoms with Gasteiger partial charge in [0.05, 0.1) is 17.2 Å². The molecule has 1 aromatic carbocycles. The van der Waals surface area contributed by atoms with E-state index in [1.54, 1.807) is 18.5 Å². The normalized spacial score (nSPS) is 14.5. The molecule has 0 radical (unpaired) electrons. The maximum atomic E-state index is 11.4. The zero-order chi connectivity index (χ0) is 16.9. The van der Waals surface area contributed by atoms with Crippen LogP contribution in [0.25, 0.3) is 5.57 Å². The molecule has 0 unspecified atom stereocenters. The smallest absolute Gasteiger partial charge is 0.292 e. The van der Waals surface area contributed by atoms with Gasteiger partial charge in [0.25, 0.3) is 5.69 Å². The van der Waals surface area contributed by atoms with Gasteiger partial charge in [-0.25, -0.2) is 0 Å². The van der Waals surface area contributed by atoms with Gasteiger partial charge in [-0.05, 0) is 35.9 Å². The predicted octanol–water partition coefficient (Wildman–Crippen LogP) is 3.37. The Morgan fingerprint density at radius 1 is 1.42 bits per heavy atom. The first-order valence-corrected chi connectivity index (χ1v) is 7.25. The van der Waals surface area contributed by atoms with E-state index in [9.17, 15) is 10.1 Å². The zero-order valence-electron chi connectivity index (χ0n) is 12.7. The van der Waals surface area contributed by atoms with Gasteiger partial charge in [0, 0.05) is 29.7 Å². The topological polar surface area (TPSA) is 83.3 Å². The van der Waals surface area contributed by atoms with Crippen LogP contribution in [0.4, 0.5) is 11.4 Å². The summed E-state index contributed by atoms with van der Waals surface area (Å²) in [7, 11) is 0. The highest BCUT2D eigenvalue weighted by Crippen LogP contribution is 2.33. The lowest BCUT2D eigenvalue weighted by molar-refractivity contribution is -0.384. The van der Waals surface area contributed by atoms with Crippen LogP contribution in [-0.4, -0.2) is 22.7 Å². The minimum atomic E-state index is -0.424. The molecule has 1 aliphatic heterocycles. The summed E-state index contributed by atoms with van der Waals surface area (Å²) in [5.74, 6) is 2.41. The van der Waals surface area contributed by atoms with Crippen LogP contribution in [-0.2, 0) is 0 Å². The molecule has 0 atom stereocenters. The number of anilines is 1. The van der Waals surface area contributed by atoms with E-state index in [4.69, 9.17) is 6.42 Å². The number of aliphatic imine (C=N–C) groups is 1. The molecule has 6 nitrogen and oxygen atoms in total. The second-order valence-electron chi connectivity index (χ2n) is 5.03. The van der Waals surface area contributed by atoms with Gasteiger partial charge >= 0.3 is 0 Å². The fourth-order valence-electron chi connectivity index (χ4n) is 2.51. The minimum absolute atomic E-state index is 0.0293. The summed E-state index contributed by atoms with van der Waals surface area (Å²) in [6.07, 6.45) is 12.4. The fraction of sp³-hybridized carbons (Fsp3) is 0.0556. The lowest BCUT2D eigenvalue weighted by Crippen LogP contribution is -2.03. The molecule has 2 N–H and O–H groups in total. The van der Waals surface area contributed by atoms with E-state index in [1.807, 2.05) is 30.4 Å². The van der Waals surface area contributed by atoms with Crippen LogP contribution in [0.1, 0.15) is 11.3 Å². The number of H-pyrrole nitrogens is 1. The van der Waals surface area contributed by atoms with Gasteiger partial charge < -0.3 is 10.3 Å². The molecular formula is C18H14N4O2. The van der Waals surface area contributed by atoms with Gasteiger partial charge in [0.1, 0.15) is 5.69 Å².